The van der Waals surface area contributed by atoms with Crippen molar-refractivity contribution >= 4 is 16.9 Å². The standard InChI is InChI=1S/C15H20N2O2/c1-10(16-3)9-17-15(18)11(2)14-8-12-6-4-5-7-13(12)19-14/h4-8,10-11,16H,9H2,1-3H3,(H,17,18). The Morgan fingerprint density at radius 1 is 1.32 bits per heavy atom. The summed E-state index contributed by atoms with van der Waals surface area (Å²) in [5.41, 5.74) is 0.820. The summed E-state index contributed by atoms with van der Waals surface area (Å²) in [5, 5.41) is 7.03. The summed E-state index contributed by atoms with van der Waals surface area (Å²) in [5.74, 6) is 0.411. The lowest BCUT2D eigenvalue weighted by Gasteiger charge is -2.13. The molecule has 0 aliphatic rings. The van der Waals surface area contributed by atoms with Crippen LogP contribution in [0.2, 0.25) is 0 Å². The van der Waals surface area contributed by atoms with Crippen molar-refractivity contribution in [3.63, 3.8) is 0 Å². The van der Waals surface area contributed by atoms with E-state index < -0.39 is 0 Å². The van der Waals surface area contributed by atoms with Crippen LogP contribution >= 0.6 is 0 Å². The van der Waals surface area contributed by atoms with E-state index in [0.717, 1.165) is 11.0 Å². The van der Waals surface area contributed by atoms with E-state index in [1.54, 1.807) is 0 Å². The van der Waals surface area contributed by atoms with Gasteiger partial charge in [0.2, 0.25) is 5.91 Å². The van der Waals surface area contributed by atoms with Crippen LogP contribution in [-0.4, -0.2) is 25.5 Å². The Labute approximate surface area is 113 Å². The molecular formula is C15H20N2O2. The van der Waals surface area contributed by atoms with E-state index in [1.807, 2.05) is 51.2 Å². The first-order chi connectivity index (χ1) is 9.11. The molecule has 0 saturated carbocycles. The zero-order chi connectivity index (χ0) is 13.8. The molecule has 0 radical (unpaired) electrons. The van der Waals surface area contributed by atoms with Gasteiger partial charge >= 0.3 is 0 Å². The molecule has 4 nitrogen and oxygen atoms in total. The molecule has 2 rings (SSSR count). The highest BCUT2D eigenvalue weighted by atomic mass is 16.3. The van der Waals surface area contributed by atoms with Gasteiger partial charge in [-0.1, -0.05) is 18.2 Å². The third-order valence-corrected chi connectivity index (χ3v) is 3.34. The highest BCUT2D eigenvalue weighted by Crippen LogP contribution is 2.24. The molecule has 0 saturated heterocycles. The topological polar surface area (TPSA) is 54.3 Å². The van der Waals surface area contributed by atoms with E-state index in [9.17, 15) is 4.79 Å². The SMILES string of the molecule is CNC(C)CNC(=O)C(C)c1cc2ccccc2o1. The van der Waals surface area contributed by atoms with Gasteiger partial charge in [0.05, 0.1) is 5.92 Å². The highest BCUT2D eigenvalue weighted by Gasteiger charge is 2.19. The molecule has 2 N–H and O–H groups in total. The first-order valence-electron chi connectivity index (χ1n) is 6.55. The van der Waals surface area contributed by atoms with Gasteiger partial charge in [-0.3, -0.25) is 4.79 Å². The summed E-state index contributed by atoms with van der Waals surface area (Å²) >= 11 is 0. The fraction of sp³-hybridized carbons (Fsp3) is 0.400. The molecule has 1 aromatic heterocycles. The number of fused-ring (bicyclic) bond motifs is 1. The Hall–Kier alpha value is -1.81. The summed E-state index contributed by atoms with van der Waals surface area (Å²) in [6.07, 6.45) is 0. The molecule has 2 aromatic rings. The molecule has 0 aliphatic heterocycles. The van der Waals surface area contributed by atoms with Gasteiger partial charge in [0.25, 0.3) is 0 Å². The third-order valence-electron chi connectivity index (χ3n) is 3.34. The maximum atomic E-state index is 12.0. The van der Waals surface area contributed by atoms with Gasteiger partial charge in [-0.2, -0.15) is 0 Å². The minimum atomic E-state index is -0.281. The van der Waals surface area contributed by atoms with Crippen molar-refractivity contribution in [3.05, 3.63) is 36.1 Å². The molecule has 0 fully saturated rings. The molecule has 0 bridgehead atoms. The predicted molar refractivity (Wildman–Crippen MR) is 76.2 cm³/mol. The number of furan rings is 1. The highest BCUT2D eigenvalue weighted by molar-refractivity contribution is 5.85. The van der Waals surface area contributed by atoms with E-state index in [-0.39, 0.29) is 17.9 Å². The Bertz CT molecular complexity index is 529. The molecular weight excluding hydrogens is 240 g/mol. The lowest BCUT2D eigenvalue weighted by Crippen LogP contribution is -2.38. The van der Waals surface area contributed by atoms with Crippen molar-refractivity contribution in [1.29, 1.82) is 0 Å². The van der Waals surface area contributed by atoms with Crippen LogP contribution in [0.5, 0.6) is 0 Å². The number of amides is 1. The molecule has 0 spiro atoms. The Balaban J connectivity index is 2.06. The summed E-state index contributed by atoms with van der Waals surface area (Å²) in [7, 11) is 1.87. The van der Waals surface area contributed by atoms with Crippen molar-refractivity contribution in [2.24, 2.45) is 0 Å². The van der Waals surface area contributed by atoms with Gasteiger partial charge in [0.15, 0.2) is 0 Å². The third kappa shape index (κ3) is 3.15. The smallest absolute Gasteiger partial charge is 0.230 e. The number of nitrogens with one attached hydrogen (secondary N) is 2. The zero-order valence-corrected chi connectivity index (χ0v) is 11.6. The molecule has 19 heavy (non-hydrogen) atoms. The Kier molecular flexibility index (Phi) is 4.22. The lowest BCUT2D eigenvalue weighted by molar-refractivity contribution is -0.122. The maximum Gasteiger partial charge on any atom is 0.230 e. The second kappa shape index (κ2) is 5.89. The molecule has 2 atom stereocenters. The predicted octanol–water partition coefficient (Wildman–Crippen LogP) is 2.26. The van der Waals surface area contributed by atoms with Gasteiger partial charge in [0, 0.05) is 18.0 Å². The molecule has 4 heteroatoms. The molecule has 102 valence electrons. The monoisotopic (exact) mass is 260 g/mol. The van der Waals surface area contributed by atoms with E-state index in [4.69, 9.17) is 4.42 Å². The van der Waals surface area contributed by atoms with Gasteiger partial charge < -0.3 is 15.1 Å². The van der Waals surface area contributed by atoms with Gasteiger partial charge in [-0.05, 0) is 33.0 Å². The number of likely N-dealkylation sites (N-methyl/N-ethyl adjacent to an activating group) is 1. The number of carbonyl (C=O) groups excluding carboxylic acids is 1. The van der Waals surface area contributed by atoms with Crippen molar-refractivity contribution in [2.45, 2.75) is 25.8 Å². The van der Waals surface area contributed by atoms with Crippen molar-refractivity contribution in [1.82, 2.24) is 10.6 Å². The number of carbonyl (C=O) groups is 1. The van der Waals surface area contributed by atoms with Crippen LogP contribution in [0, 0.1) is 0 Å². The Morgan fingerprint density at radius 2 is 2.05 bits per heavy atom. The van der Waals surface area contributed by atoms with E-state index in [0.29, 0.717) is 12.3 Å². The van der Waals surface area contributed by atoms with Gasteiger partial charge in [-0.15, -0.1) is 0 Å². The summed E-state index contributed by atoms with van der Waals surface area (Å²) in [6, 6.07) is 9.96. The normalized spacial score (nSPS) is 14.3. The van der Waals surface area contributed by atoms with Crippen LogP contribution in [0.25, 0.3) is 11.0 Å². The fourth-order valence-electron chi connectivity index (χ4n) is 1.85. The molecule has 2 unspecified atom stereocenters. The maximum absolute atomic E-state index is 12.0. The number of rotatable bonds is 5. The molecule has 0 aliphatic carbocycles. The van der Waals surface area contributed by atoms with Crippen LogP contribution in [0.1, 0.15) is 25.5 Å². The summed E-state index contributed by atoms with van der Waals surface area (Å²) < 4.78 is 5.71. The second-order valence-electron chi connectivity index (χ2n) is 4.84. The quantitative estimate of drug-likeness (QED) is 0.867. The summed E-state index contributed by atoms with van der Waals surface area (Å²) in [4.78, 5) is 12.0. The number of hydrogen-bond donors (Lipinski definition) is 2. The van der Waals surface area contributed by atoms with Crippen LogP contribution in [-0.2, 0) is 4.79 Å². The Morgan fingerprint density at radius 3 is 2.74 bits per heavy atom. The van der Waals surface area contributed by atoms with Crippen molar-refractivity contribution < 1.29 is 9.21 Å². The van der Waals surface area contributed by atoms with Crippen molar-refractivity contribution in [2.75, 3.05) is 13.6 Å². The first-order valence-corrected chi connectivity index (χ1v) is 6.55. The molecule has 1 heterocycles. The van der Waals surface area contributed by atoms with Crippen LogP contribution in [0.4, 0.5) is 0 Å². The largest absolute Gasteiger partial charge is 0.460 e. The average molecular weight is 260 g/mol. The fourth-order valence-corrected chi connectivity index (χ4v) is 1.85. The van der Waals surface area contributed by atoms with E-state index >= 15 is 0 Å². The van der Waals surface area contributed by atoms with Crippen LogP contribution < -0.4 is 10.6 Å². The van der Waals surface area contributed by atoms with E-state index in [2.05, 4.69) is 10.6 Å². The second-order valence-corrected chi connectivity index (χ2v) is 4.84. The van der Waals surface area contributed by atoms with Gasteiger partial charge in [0.1, 0.15) is 11.3 Å². The zero-order valence-electron chi connectivity index (χ0n) is 11.6. The molecule has 1 aromatic carbocycles. The minimum absolute atomic E-state index is 0.0128. The number of para-hydroxylation sites is 1. The lowest BCUT2D eigenvalue weighted by atomic mass is 10.1. The minimum Gasteiger partial charge on any atom is -0.460 e. The average Bonchev–Trinajstić information content (AvgIpc) is 2.87. The van der Waals surface area contributed by atoms with Crippen LogP contribution in [0.15, 0.2) is 34.7 Å². The van der Waals surface area contributed by atoms with Crippen LogP contribution in [0.3, 0.4) is 0 Å². The van der Waals surface area contributed by atoms with Gasteiger partial charge in [-0.25, -0.2) is 0 Å². The number of hydrogen-bond acceptors (Lipinski definition) is 3. The number of benzene rings is 1. The van der Waals surface area contributed by atoms with E-state index in [1.165, 1.54) is 0 Å². The first kappa shape index (κ1) is 13.6. The molecule has 1 amide bonds. The van der Waals surface area contributed by atoms with Crippen molar-refractivity contribution in [3.8, 4) is 0 Å². The summed E-state index contributed by atoms with van der Waals surface area (Å²) in [6.45, 7) is 4.49.